The van der Waals surface area contributed by atoms with Gasteiger partial charge in [0.05, 0.1) is 0 Å². The predicted molar refractivity (Wildman–Crippen MR) is 65.0 cm³/mol. The summed E-state index contributed by atoms with van der Waals surface area (Å²) in [6.45, 7) is 2.77. The molecule has 1 fully saturated rings. The molecular formula is C10H13BrClFN2. The number of nitrogens with one attached hydrogen (secondary N) is 2. The van der Waals surface area contributed by atoms with Gasteiger partial charge in [-0.05, 0) is 23.8 Å². The largest absolute Gasteiger partial charge is 0.314 e. The van der Waals surface area contributed by atoms with Gasteiger partial charge >= 0.3 is 0 Å². The monoisotopic (exact) mass is 294 g/mol. The number of hydrogen-bond donors (Lipinski definition) is 2. The van der Waals surface area contributed by atoms with Crippen LogP contribution in [-0.2, 0) is 0 Å². The lowest BCUT2D eigenvalue weighted by molar-refractivity contribution is 0.428. The first-order chi connectivity index (χ1) is 6.75. The Morgan fingerprint density at radius 1 is 1.27 bits per heavy atom. The Morgan fingerprint density at radius 2 is 2.07 bits per heavy atom. The average molecular weight is 296 g/mol. The smallest absolute Gasteiger partial charge is 0.124 e. The van der Waals surface area contributed by atoms with Crippen LogP contribution in [0, 0.1) is 5.82 Å². The van der Waals surface area contributed by atoms with E-state index in [-0.39, 0.29) is 24.3 Å². The molecule has 2 nitrogen and oxygen atoms in total. The number of benzene rings is 1. The van der Waals surface area contributed by atoms with Gasteiger partial charge in [0.25, 0.3) is 0 Å². The molecule has 0 amide bonds. The fraction of sp³-hybridized carbons (Fsp3) is 0.400. The van der Waals surface area contributed by atoms with Gasteiger partial charge in [0.2, 0.25) is 0 Å². The van der Waals surface area contributed by atoms with Crippen molar-refractivity contribution in [3.05, 3.63) is 34.1 Å². The first-order valence-electron chi connectivity index (χ1n) is 4.66. The Kier molecular flexibility index (Phi) is 4.99. The van der Waals surface area contributed by atoms with Gasteiger partial charge in [-0.25, -0.2) is 4.39 Å². The molecule has 0 spiro atoms. The van der Waals surface area contributed by atoms with Crippen molar-refractivity contribution in [2.24, 2.45) is 0 Å². The summed E-state index contributed by atoms with van der Waals surface area (Å²) in [4.78, 5) is 0. The highest BCUT2D eigenvalue weighted by molar-refractivity contribution is 9.10. The van der Waals surface area contributed by atoms with Crippen LogP contribution < -0.4 is 10.6 Å². The standard InChI is InChI=1S/C10H12BrFN2.ClH/c11-8-3-7(4-9(12)5-8)10-6-13-1-2-14-10;/h3-5,10,13-14H,1-2,6H2;1H/t10-;/m1./s1. The second-order valence-corrected chi connectivity index (χ2v) is 4.33. The van der Waals surface area contributed by atoms with Crippen LogP contribution >= 0.6 is 28.3 Å². The van der Waals surface area contributed by atoms with E-state index in [0.29, 0.717) is 0 Å². The molecule has 1 saturated heterocycles. The number of hydrogen-bond acceptors (Lipinski definition) is 2. The third kappa shape index (κ3) is 3.41. The van der Waals surface area contributed by atoms with Gasteiger partial charge in [0.15, 0.2) is 0 Å². The number of halogens is 3. The van der Waals surface area contributed by atoms with Gasteiger partial charge < -0.3 is 10.6 Å². The summed E-state index contributed by atoms with van der Waals surface area (Å²) in [5.74, 6) is -0.193. The molecule has 1 aliphatic heterocycles. The van der Waals surface area contributed by atoms with Crippen LogP contribution in [0.4, 0.5) is 4.39 Å². The minimum atomic E-state index is -0.193. The molecule has 84 valence electrons. The van der Waals surface area contributed by atoms with Gasteiger partial charge in [-0.3, -0.25) is 0 Å². The fourth-order valence-electron chi connectivity index (χ4n) is 1.67. The maximum absolute atomic E-state index is 13.1. The highest BCUT2D eigenvalue weighted by Gasteiger charge is 2.14. The maximum atomic E-state index is 13.1. The molecule has 2 N–H and O–H groups in total. The Morgan fingerprint density at radius 3 is 2.67 bits per heavy atom. The van der Waals surface area contributed by atoms with Crippen LogP contribution in [0.25, 0.3) is 0 Å². The van der Waals surface area contributed by atoms with Gasteiger partial charge in [-0.2, -0.15) is 0 Å². The molecular weight excluding hydrogens is 282 g/mol. The molecule has 0 saturated carbocycles. The summed E-state index contributed by atoms with van der Waals surface area (Å²) in [6, 6.07) is 5.22. The van der Waals surface area contributed by atoms with Crippen molar-refractivity contribution in [1.29, 1.82) is 0 Å². The summed E-state index contributed by atoms with van der Waals surface area (Å²) < 4.78 is 13.9. The highest BCUT2D eigenvalue weighted by atomic mass is 79.9. The lowest BCUT2D eigenvalue weighted by Crippen LogP contribution is -2.42. The van der Waals surface area contributed by atoms with E-state index in [1.165, 1.54) is 6.07 Å². The number of rotatable bonds is 1. The second kappa shape index (κ2) is 5.80. The van der Waals surface area contributed by atoms with E-state index in [4.69, 9.17) is 0 Å². The zero-order chi connectivity index (χ0) is 9.97. The molecule has 1 heterocycles. The molecule has 0 unspecified atom stereocenters. The van der Waals surface area contributed by atoms with E-state index in [9.17, 15) is 4.39 Å². The molecule has 15 heavy (non-hydrogen) atoms. The molecule has 1 aliphatic rings. The van der Waals surface area contributed by atoms with E-state index >= 15 is 0 Å². The molecule has 2 rings (SSSR count). The third-order valence-electron chi connectivity index (χ3n) is 2.33. The third-order valence-corrected chi connectivity index (χ3v) is 2.79. The molecule has 5 heteroatoms. The zero-order valence-corrected chi connectivity index (χ0v) is 10.5. The molecule has 0 aliphatic carbocycles. The van der Waals surface area contributed by atoms with E-state index in [1.807, 2.05) is 6.07 Å². The summed E-state index contributed by atoms with van der Waals surface area (Å²) >= 11 is 3.29. The lowest BCUT2D eigenvalue weighted by Gasteiger charge is -2.25. The Labute approximate surface area is 103 Å². The summed E-state index contributed by atoms with van der Waals surface area (Å²) in [5.41, 5.74) is 0.990. The van der Waals surface area contributed by atoms with Gasteiger partial charge in [0.1, 0.15) is 5.82 Å². The fourth-order valence-corrected chi connectivity index (χ4v) is 2.15. The molecule has 1 atom stereocenters. The van der Waals surface area contributed by atoms with Crippen molar-refractivity contribution in [1.82, 2.24) is 10.6 Å². The highest BCUT2D eigenvalue weighted by Crippen LogP contribution is 2.20. The topological polar surface area (TPSA) is 24.1 Å². The number of piperazine rings is 1. The summed E-state index contributed by atoms with van der Waals surface area (Å²) in [5, 5.41) is 6.61. The summed E-state index contributed by atoms with van der Waals surface area (Å²) in [7, 11) is 0. The van der Waals surface area contributed by atoms with Gasteiger partial charge in [0, 0.05) is 30.1 Å². The molecule has 1 aromatic rings. The Balaban J connectivity index is 0.00000112. The van der Waals surface area contributed by atoms with Crippen molar-refractivity contribution >= 4 is 28.3 Å². The van der Waals surface area contributed by atoms with Crippen molar-refractivity contribution < 1.29 is 4.39 Å². The minimum Gasteiger partial charge on any atom is -0.314 e. The first kappa shape index (κ1) is 12.9. The van der Waals surface area contributed by atoms with Crippen LogP contribution in [0.3, 0.4) is 0 Å². The van der Waals surface area contributed by atoms with E-state index in [0.717, 1.165) is 29.7 Å². The van der Waals surface area contributed by atoms with Crippen LogP contribution in [0.2, 0.25) is 0 Å². The van der Waals surface area contributed by atoms with E-state index in [1.54, 1.807) is 6.07 Å². The van der Waals surface area contributed by atoms with Crippen molar-refractivity contribution in [2.75, 3.05) is 19.6 Å². The SMILES string of the molecule is Cl.Fc1cc(Br)cc([C@H]2CNCCN2)c1. The van der Waals surface area contributed by atoms with E-state index in [2.05, 4.69) is 26.6 Å². The van der Waals surface area contributed by atoms with E-state index < -0.39 is 0 Å². The first-order valence-corrected chi connectivity index (χ1v) is 5.45. The minimum absolute atomic E-state index is 0. The Bertz CT molecular complexity index is 309. The lowest BCUT2D eigenvalue weighted by atomic mass is 10.1. The zero-order valence-electron chi connectivity index (χ0n) is 8.09. The van der Waals surface area contributed by atoms with Gasteiger partial charge in [-0.1, -0.05) is 15.9 Å². The normalized spacial score (nSPS) is 20.8. The van der Waals surface area contributed by atoms with Crippen molar-refractivity contribution in [3.63, 3.8) is 0 Å². The molecule has 1 aromatic carbocycles. The Hall–Kier alpha value is -0.160. The summed E-state index contributed by atoms with van der Waals surface area (Å²) in [6.07, 6.45) is 0. The van der Waals surface area contributed by atoms with Crippen molar-refractivity contribution in [3.8, 4) is 0 Å². The molecule has 0 radical (unpaired) electrons. The maximum Gasteiger partial charge on any atom is 0.124 e. The van der Waals surface area contributed by atoms with Crippen LogP contribution in [0.5, 0.6) is 0 Å². The van der Waals surface area contributed by atoms with Crippen LogP contribution in [-0.4, -0.2) is 19.6 Å². The van der Waals surface area contributed by atoms with Crippen LogP contribution in [0.15, 0.2) is 22.7 Å². The second-order valence-electron chi connectivity index (χ2n) is 3.41. The average Bonchev–Trinajstić information content (AvgIpc) is 2.18. The van der Waals surface area contributed by atoms with Crippen LogP contribution in [0.1, 0.15) is 11.6 Å². The predicted octanol–water partition coefficient (Wildman–Crippen LogP) is 2.24. The quantitative estimate of drug-likeness (QED) is 0.830. The molecule has 0 aromatic heterocycles. The van der Waals surface area contributed by atoms with Gasteiger partial charge in [-0.15, -0.1) is 12.4 Å². The van der Waals surface area contributed by atoms with Crippen molar-refractivity contribution in [2.45, 2.75) is 6.04 Å². The molecule has 0 bridgehead atoms.